The van der Waals surface area contributed by atoms with Gasteiger partial charge in [-0.1, -0.05) is 24.3 Å². The van der Waals surface area contributed by atoms with Crippen molar-refractivity contribution in [2.75, 3.05) is 0 Å². The second kappa shape index (κ2) is 4.35. The number of ether oxygens (including phenoxy) is 1. The quantitative estimate of drug-likeness (QED) is 0.790. The fourth-order valence-electron chi connectivity index (χ4n) is 1.07. The number of aliphatic hydroxyl groups is 1. The molecular formula is C10H9F3O2. The van der Waals surface area contributed by atoms with Crippen LogP contribution >= 0.6 is 0 Å². The molecule has 1 unspecified atom stereocenters. The maximum Gasteiger partial charge on any atom is 0.573 e. The minimum atomic E-state index is -4.77. The highest BCUT2D eigenvalue weighted by atomic mass is 19.4. The van der Waals surface area contributed by atoms with Crippen LogP contribution in [0.15, 0.2) is 36.9 Å². The summed E-state index contributed by atoms with van der Waals surface area (Å²) in [4.78, 5) is 0. The van der Waals surface area contributed by atoms with E-state index in [9.17, 15) is 18.3 Å². The molecule has 0 bridgehead atoms. The summed E-state index contributed by atoms with van der Waals surface area (Å²) in [5.41, 5.74) is 0.0322. The number of benzene rings is 1. The Morgan fingerprint density at radius 1 is 1.33 bits per heavy atom. The van der Waals surface area contributed by atoms with Gasteiger partial charge in [0.05, 0.1) is 0 Å². The Hall–Kier alpha value is -1.49. The van der Waals surface area contributed by atoms with Crippen molar-refractivity contribution in [2.45, 2.75) is 12.5 Å². The zero-order valence-corrected chi connectivity index (χ0v) is 7.66. The molecular weight excluding hydrogens is 209 g/mol. The van der Waals surface area contributed by atoms with Gasteiger partial charge in [0.2, 0.25) is 0 Å². The highest BCUT2D eigenvalue weighted by Crippen LogP contribution is 2.30. The van der Waals surface area contributed by atoms with Crippen molar-refractivity contribution >= 4 is 0 Å². The van der Waals surface area contributed by atoms with Crippen LogP contribution in [0.3, 0.4) is 0 Å². The van der Waals surface area contributed by atoms with Crippen LogP contribution < -0.4 is 4.74 Å². The third-order valence-corrected chi connectivity index (χ3v) is 1.69. The second-order valence-corrected chi connectivity index (χ2v) is 2.77. The summed E-state index contributed by atoms with van der Waals surface area (Å²) >= 11 is 0. The van der Waals surface area contributed by atoms with Crippen molar-refractivity contribution in [2.24, 2.45) is 0 Å². The normalized spacial score (nSPS) is 13.3. The number of alkyl halides is 3. The van der Waals surface area contributed by atoms with Gasteiger partial charge in [0.25, 0.3) is 0 Å². The van der Waals surface area contributed by atoms with Crippen LogP contribution in [0.2, 0.25) is 0 Å². The molecule has 0 aliphatic heterocycles. The first-order valence-corrected chi connectivity index (χ1v) is 4.09. The number of rotatable bonds is 3. The molecule has 0 heterocycles. The number of halogens is 3. The molecule has 5 heteroatoms. The fourth-order valence-corrected chi connectivity index (χ4v) is 1.07. The number of aliphatic hydroxyl groups excluding tert-OH is 1. The maximum atomic E-state index is 12.0. The summed E-state index contributed by atoms with van der Waals surface area (Å²) < 4.78 is 39.6. The lowest BCUT2D eigenvalue weighted by atomic mass is 10.1. The van der Waals surface area contributed by atoms with E-state index in [4.69, 9.17) is 0 Å². The first kappa shape index (κ1) is 11.6. The van der Waals surface area contributed by atoms with Crippen LogP contribution in [0.1, 0.15) is 11.7 Å². The lowest BCUT2D eigenvalue weighted by Gasteiger charge is -2.14. The number of hydrogen-bond acceptors (Lipinski definition) is 2. The van der Waals surface area contributed by atoms with Crippen molar-refractivity contribution in [3.8, 4) is 5.75 Å². The predicted octanol–water partition coefficient (Wildman–Crippen LogP) is 2.80. The monoisotopic (exact) mass is 218 g/mol. The summed E-state index contributed by atoms with van der Waals surface area (Å²) in [6.45, 7) is 3.29. The minimum absolute atomic E-state index is 0.0322. The predicted molar refractivity (Wildman–Crippen MR) is 48.3 cm³/mol. The largest absolute Gasteiger partial charge is 0.573 e. The van der Waals surface area contributed by atoms with Crippen molar-refractivity contribution < 1.29 is 23.0 Å². The van der Waals surface area contributed by atoms with Crippen LogP contribution in [0.25, 0.3) is 0 Å². The Bertz CT molecular complexity index is 347. The zero-order valence-electron chi connectivity index (χ0n) is 7.66. The van der Waals surface area contributed by atoms with E-state index in [0.29, 0.717) is 0 Å². The Kier molecular flexibility index (Phi) is 3.36. The Morgan fingerprint density at radius 2 is 1.93 bits per heavy atom. The van der Waals surface area contributed by atoms with Gasteiger partial charge in [-0.05, 0) is 6.07 Å². The van der Waals surface area contributed by atoms with Gasteiger partial charge >= 0.3 is 6.36 Å². The van der Waals surface area contributed by atoms with E-state index in [1.807, 2.05) is 0 Å². The van der Waals surface area contributed by atoms with Crippen LogP contribution in [-0.2, 0) is 0 Å². The number of hydrogen-bond donors (Lipinski definition) is 1. The van der Waals surface area contributed by atoms with Gasteiger partial charge in [0, 0.05) is 5.56 Å². The van der Waals surface area contributed by atoms with E-state index < -0.39 is 18.2 Å². The molecule has 2 nitrogen and oxygen atoms in total. The van der Waals surface area contributed by atoms with E-state index in [0.717, 1.165) is 12.1 Å². The summed E-state index contributed by atoms with van der Waals surface area (Å²) in [5, 5.41) is 9.34. The Balaban J connectivity index is 3.01. The van der Waals surface area contributed by atoms with Gasteiger partial charge in [-0.2, -0.15) is 0 Å². The SMILES string of the molecule is C=CC(O)c1ccccc1OC(F)(F)F. The van der Waals surface area contributed by atoms with Crippen molar-refractivity contribution in [3.63, 3.8) is 0 Å². The molecule has 0 aliphatic carbocycles. The highest BCUT2D eigenvalue weighted by molar-refractivity contribution is 5.36. The van der Waals surface area contributed by atoms with Gasteiger partial charge in [0.15, 0.2) is 0 Å². The summed E-state index contributed by atoms with van der Waals surface area (Å²) in [7, 11) is 0. The van der Waals surface area contributed by atoms with Crippen LogP contribution in [0.4, 0.5) is 13.2 Å². The van der Waals surface area contributed by atoms with Gasteiger partial charge < -0.3 is 9.84 Å². The van der Waals surface area contributed by atoms with E-state index >= 15 is 0 Å². The van der Waals surface area contributed by atoms with E-state index in [1.54, 1.807) is 0 Å². The molecule has 1 atom stereocenters. The minimum Gasteiger partial charge on any atom is -0.405 e. The van der Waals surface area contributed by atoms with E-state index in [2.05, 4.69) is 11.3 Å². The Labute approximate surface area is 84.6 Å². The maximum absolute atomic E-state index is 12.0. The van der Waals surface area contributed by atoms with Gasteiger partial charge in [-0.15, -0.1) is 19.8 Å². The molecule has 1 N–H and O–H groups in total. The molecule has 1 aromatic rings. The first-order valence-electron chi connectivity index (χ1n) is 4.09. The summed E-state index contributed by atoms with van der Waals surface area (Å²) in [5.74, 6) is -0.419. The summed E-state index contributed by atoms with van der Waals surface area (Å²) in [6.07, 6.45) is -4.82. The second-order valence-electron chi connectivity index (χ2n) is 2.77. The molecule has 0 aromatic heterocycles. The molecule has 0 amide bonds. The van der Waals surface area contributed by atoms with Crippen LogP contribution in [-0.4, -0.2) is 11.5 Å². The van der Waals surface area contributed by atoms with Gasteiger partial charge in [-0.25, -0.2) is 0 Å². The molecule has 15 heavy (non-hydrogen) atoms. The molecule has 0 saturated heterocycles. The van der Waals surface area contributed by atoms with Crippen molar-refractivity contribution in [3.05, 3.63) is 42.5 Å². The fraction of sp³-hybridized carbons (Fsp3) is 0.200. The third kappa shape index (κ3) is 3.28. The van der Waals surface area contributed by atoms with Crippen molar-refractivity contribution in [1.29, 1.82) is 0 Å². The molecule has 0 fully saturated rings. The Morgan fingerprint density at radius 3 is 2.47 bits per heavy atom. The van der Waals surface area contributed by atoms with Crippen molar-refractivity contribution in [1.82, 2.24) is 0 Å². The molecule has 0 spiro atoms. The molecule has 1 rings (SSSR count). The van der Waals surface area contributed by atoms with Gasteiger partial charge in [-0.3, -0.25) is 0 Å². The zero-order chi connectivity index (χ0) is 11.5. The number of para-hydroxylation sites is 1. The third-order valence-electron chi connectivity index (χ3n) is 1.69. The lowest BCUT2D eigenvalue weighted by Crippen LogP contribution is -2.18. The molecule has 1 aromatic carbocycles. The van der Waals surface area contributed by atoms with E-state index in [-0.39, 0.29) is 5.56 Å². The summed E-state index contributed by atoms with van der Waals surface area (Å²) in [6, 6.07) is 5.37. The average Bonchev–Trinajstić information content (AvgIpc) is 2.15. The smallest absolute Gasteiger partial charge is 0.405 e. The van der Waals surface area contributed by atoms with Crippen LogP contribution in [0, 0.1) is 0 Å². The lowest BCUT2D eigenvalue weighted by molar-refractivity contribution is -0.275. The van der Waals surface area contributed by atoms with Crippen LogP contribution in [0.5, 0.6) is 5.75 Å². The highest BCUT2D eigenvalue weighted by Gasteiger charge is 2.32. The van der Waals surface area contributed by atoms with E-state index in [1.165, 1.54) is 18.2 Å². The molecule has 0 radical (unpaired) electrons. The topological polar surface area (TPSA) is 29.5 Å². The molecule has 0 aliphatic rings. The first-order chi connectivity index (χ1) is 6.94. The standard InChI is InChI=1S/C10H9F3O2/c1-2-8(14)7-5-3-4-6-9(7)15-10(11,12)13/h2-6,8,14H,1H2. The molecule has 0 saturated carbocycles. The van der Waals surface area contributed by atoms with Gasteiger partial charge in [0.1, 0.15) is 11.9 Å². The molecule has 82 valence electrons. The average molecular weight is 218 g/mol.